The van der Waals surface area contributed by atoms with Crippen LogP contribution in [0.4, 0.5) is 0 Å². The highest BCUT2D eigenvalue weighted by Gasteiger charge is 2.27. The van der Waals surface area contributed by atoms with Gasteiger partial charge in [-0.2, -0.15) is 0 Å². The second-order valence-corrected chi connectivity index (χ2v) is 8.13. The molecule has 1 unspecified atom stereocenters. The maximum atomic E-state index is 13.1. The molecule has 0 radical (unpaired) electrons. The van der Waals surface area contributed by atoms with Crippen molar-refractivity contribution in [3.8, 4) is 11.5 Å². The van der Waals surface area contributed by atoms with E-state index >= 15 is 0 Å². The van der Waals surface area contributed by atoms with Gasteiger partial charge in [-0.3, -0.25) is 9.69 Å². The number of nitrogen functional groups attached to an aromatic ring is 1. The number of piperidine rings is 1. The highest BCUT2D eigenvalue weighted by Crippen LogP contribution is 2.38. The van der Waals surface area contributed by atoms with Crippen LogP contribution in [0.25, 0.3) is 10.2 Å². The number of fused-ring (bicyclic) bond motifs is 2. The van der Waals surface area contributed by atoms with Gasteiger partial charge in [0.25, 0.3) is 5.56 Å². The fraction of sp³-hybridized carbons (Fsp3) is 0.400. The van der Waals surface area contributed by atoms with Crippen molar-refractivity contribution in [1.29, 1.82) is 0 Å². The summed E-state index contributed by atoms with van der Waals surface area (Å²) in [5.74, 6) is 8.16. The third kappa shape index (κ3) is 3.02. The van der Waals surface area contributed by atoms with E-state index in [4.69, 9.17) is 20.3 Å². The van der Waals surface area contributed by atoms with Crippen molar-refractivity contribution in [2.75, 3.05) is 25.5 Å². The SMILES string of the molecule is Nn1c(CN2CCCCC2)nc2scc(C3COc4ccccc4O3)c2c1=O. The van der Waals surface area contributed by atoms with Gasteiger partial charge in [-0.05, 0) is 38.1 Å². The van der Waals surface area contributed by atoms with Crippen LogP contribution in [0.15, 0.2) is 34.4 Å². The van der Waals surface area contributed by atoms with Crippen LogP contribution in [-0.4, -0.2) is 34.3 Å². The summed E-state index contributed by atoms with van der Waals surface area (Å²) in [7, 11) is 0. The van der Waals surface area contributed by atoms with Crippen molar-refractivity contribution < 1.29 is 9.47 Å². The van der Waals surface area contributed by atoms with Gasteiger partial charge in [-0.1, -0.05) is 18.6 Å². The van der Waals surface area contributed by atoms with Crippen molar-refractivity contribution in [1.82, 2.24) is 14.6 Å². The van der Waals surface area contributed by atoms with Gasteiger partial charge in [-0.15, -0.1) is 11.3 Å². The highest BCUT2D eigenvalue weighted by atomic mass is 32.1. The maximum Gasteiger partial charge on any atom is 0.281 e. The molecule has 1 atom stereocenters. The molecule has 2 N–H and O–H groups in total. The number of hydrogen-bond donors (Lipinski definition) is 1. The molecule has 1 aromatic carbocycles. The summed E-state index contributed by atoms with van der Waals surface area (Å²) in [6.07, 6.45) is 3.27. The van der Waals surface area contributed by atoms with Crippen LogP contribution < -0.4 is 20.9 Å². The largest absolute Gasteiger partial charge is 0.485 e. The van der Waals surface area contributed by atoms with E-state index in [1.54, 1.807) is 0 Å². The third-order valence-electron chi connectivity index (χ3n) is 5.41. The van der Waals surface area contributed by atoms with Crippen LogP contribution in [0.3, 0.4) is 0 Å². The number of likely N-dealkylation sites (tertiary alicyclic amines) is 1. The van der Waals surface area contributed by atoms with Crippen molar-refractivity contribution in [2.24, 2.45) is 0 Å². The van der Waals surface area contributed by atoms with Gasteiger partial charge in [0.1, 0.15) is 17.3 Å². The minimum Gasteiger partial charge on any atom is -0.485 e. The third-order valence-corrected chi connectivity index (χ3v) is 6.30. The molecule has 8 heteroatoms. The highest BCUT2D eigenvalue weighted by molar-refractivity contribution is 7.16. The second kappa shape index (κ2) is 7.10. The molecule has 0 saturated carbocycles. The lowest BCUT2D eigenvalue weighted by Gasteiger charge is -2.27. The predicted octanol–water partition coefficient (Wildman–Crippen LogP) is 2.67. The number of para-hydroxylation sites is 2. The molecule has 4 heterocycles. The fourth-order valence-corrected chi connectivity index (χ4v) is 4.89. The molecular weight excluding hydrogens is 376 g/mol. The average Bonchev–Trinajstić information content (AvgIpc) is 3.16. The van der Waals surface area contributed by atoms with Crippen molar-refractivity contribution in [2.45, 2.75) is 31.9 Å². The number of thiophene rings is 1. The van der Waals surface area contributed by atoms with Gasteiger partial charge in [0.15, 0.2) is 17.6 Å². The van der Waals surface area contributed by atoms with Crippen LogP contribution in [0.2, 0.25) is 0 Å². The number of aromatic nitrogens is 2. The average molecular weight is 398 g/mol. The van der Waals surface area contributed by atoms with Gasteiger partial charge >= 0.3 is 0 Å². The number of nitrogens with zero attached hydrogens (tertiary/aromatic N) is 3. The summed E-state index contributed by atoms with van der Waals surface area (Å²) >= 11 is 1.45. The molecular formula is C20H22N4O3S. The van der Waals surface area contributed by atoms with E-state index in [9.17, 15) is 4.79 Å². The Hall–Kier alpha value is -2.58. The van der Waals surface area contributed by atoms with Crippen molar-refractivity contribution >= 4 is 21.6 Å². The molecule has 2 aromatic heterocycles. The first-order chi connectivity index (χ1) is 13.7. The zero-order chi connectivity index (χ0) is 19.1. The van der Waals surface area contributed by atoms with Gasteiger partial charge in [0.2, 0.25) is 0 Å². The van der Waals surface area contributed by atoms with Crippen LogP contribution in [0, 0.1) is 0 Å². The fourth-order valence-electron chi connectivity index (χ4n) is 3.91. The van der Waals surface area contributed by atoms with Crippen molar-refractivity contribution in [3.63, 3.8) is 0 Å². The molecule has 0 bridgehead atoms. The van der Waals surface area contributed by atoms with Gasteiger partial charge in [0, 0.05) is 10.9 Å². The quantitative estimate of drug-likeness (QED) is 0.683. The molecule has 2 aliphatic rings. The molecule has 146 valence electrons. The lowest BCUT2D eigenvalue weighted by molar-refractivity contribution is 0.0924. The number of rotatable bonds is 3. The molecule has 0 aliphatic carbocycles. The van der Waals surface area contributed by atoms with E-state index in [-0.39, 0.29) is 11.7 Å². The molecule has 5 rings (SSSR count). The monoisotopic (exact) mass is 398 g/mol. The number of hydrogen-bond acceptors (Lipinski definition) is 7. The Kier molecular flexibility index (Phi) is 4.44. The Labute approximate surface area is 166 Å². The van der Waals surface area contributed by atoms with Crippen LogP contribution >= 0.6 is 11.3 Å². The second-order valence-electron chi connectivity index (χ2n) is 7.28. The standard InChI is InChI=1S/C20H22N4O3S/c21-24-17(10-23-8-4-1-5-9-23)22-19-18(20(24)25)13(12-28-19)16-11-26-14-6-2-3-7-15(14)27-16/h2-3,6-7,12,16H,1,4-5,8-11,21H2. The van der Waals surface area contributed by atoms with E-state index in [0.29, 0.717) is 34.9 Å². The first-order valence-electron chi connectivity index (χ1n) is 9.59. The lowest BCUT2D eigenvalue weighted by atomic mass is 10.1. The smallest absolute Gasteiger partial charge is 0.281 e. The van der Waals surface area contributed by atoms with Crippen molar-refractivity contribution in [3.05, 3.63) is 51.4 Å². The summed E-state index contributed by atoms with van der Waals surface area (Å²) in [6, 6.07) is 7.55. The number of nitrogens with two attached hydrogens (primary N) is 1. The Morgan fingerprint density at radius 1 is 1.18 bits per heavy atom. The molecule has 7 nitrogen and oxygen atoms in total. The summed E-state index contributed by atoms with van der Waals surface area (Å²) in [4.78, 5) is 20.8. The Morgan fingerprint density at radius 2 is 1.96 bits per heavy atom. The topological polar surface area (TPSA) is 82.6 Å². The summed E-state index contributed by atoms with van der Waals surface area (Å²) < 4.78 is 13.1. The summed E-state index contributed by atoms with van der Waals surface area (Å²) in [5.41, 5.74) is 0.562. The molecule has 28 heavy (non-hydrogen) atoms. The summed E-state index contributed by atoms with van der Waals surface area (Å²) in [5, 5.41) is 2.47. The molecule has 1 saturated heterocycles. The van der Waals surface area contributed by atoms with Crippen LogP contribution in [-0.2, 0) is 6.54 Å². The molecule has 0 spiro atoms. The normalized spacial score (nSPS) is 19.8. The zero-order valence-corrected chi connectivity index (χ0v) is 16.3. The molecule has 1 fully saturated rings. The van der Waals surface area contributed by atoms with E-state index in [1.807, 2.05) is 29.6 Å². The minimum absolute atomic E-state index is 0.226. The van der Waals surface area contributed by atoms with E-state index < -0.39 is 0 Å². The first kappa shape index (κ1) is 17.5. The Bertz CT molecular complexity index is 1070. The predicted molar refractivity (Wildman–Crippen MR) is 108 cm³/mol. The lowest BCUT2D eigenvalue weighted by Crippen LogP contribution is -2.37. The summed E-state index contributed by atoms with van der Waals surface area (Å²) in [6.45, 7) is 3.00. The van der Waals surface area contributed by atoms with E-state index in [2.05, 4.69) is 4.90 Å². The Balaban J connectivity index is 1.49. The van der Waals surface area contributed by atoms with Gasteiger partial charge < -0.3 is 15.3 Å². The van der Waals surface area contributed by atoms with E-state index in [0.717, 1.165) is 24.4 Å². The molecule has 2 aliphatic heterocycles. The van der Waals surface area contributed by atoms with Gasteiger partial charge in [0.05, 0.1) is 11.9 Å². The number of benzene rings is 1. The van der Waals surface area contributed by atoms with E-state index in [1.165, 1.54) is 35.3 Å². The first-order valence-corrected chi connectivity index (χ1v) is 10.5. The van der Waals surface area contributed by atoms with Crippen LogP contribution in [0.5, 0.6) is 11.5 Å². The maximum absolute atomic E-state index is 13.1. The minimum atomic E-state index is -0.355. The van der Waals surface area contributed by atoms with Gasteiger partial charge in [-0.25, -0.2) is 9.66 Å². The number of ether oxygens (including phenoxy) is 2. The zero-order valence-electron chi connectivity index (χ0n) is 15.5. The Morgan fingerprint density at radius 3 is 2.79 bits per heavy atom. The molecule has 3 aromatic rings. The van der Waals surface area contributed by atoms with Crippen LogP contribution in [0.1, 0.15) is 36.8 Å². The molecule has 0 amide bonds.